The molecule has 0 aromatic carbocycles. The third-order valence-electron chi connectivity index (χ3n) is 13.2. The number of ether oxygens (including phenoxy) is 3. The molecule has 0 atom stereocenters. The van der Waals surface area contributed by atoms with Crippen LogP contribution in [0.2, 0.25) is 4.44 Å². The van der Waals surface area contributed by atoms with E-state index in [1.54, 1.807) is 22.5 Å². The number of hydrogen-bond acceptors (Lipinski definition) is 9. The normalized spacial score (nSPS) is 11.1. The van der Waals surface area contributed by atoms with Crippen LogP contribution in [0, 0.1) is 0 Å². The van der Waals surface area contributed by atoms with Crippen molar-refractivity contribution in [2.24, 2.45) is 0 Å². The summed E-state index contributed by atoms with van der Waals surface area (Å²) in [5.74, 6) is 1.39. The number of hydrogen-bond donors (Lipinski definition) is 3. The van der Waals surface area contributed by atoms with Gasteiger partial charge in [0.2, 0.25) is 0 Å². The van der Waals surface area contributed by atoms with Gasteiger partial charge in [-0.3, -0.25) is 14.4 Å². The van der Waals surface area contributed by atoms with Gasteiger partial charge in [-0.25, -0.2) is 0 Å². The van der Waals surface area contributed by atoms with Gasteiger partial charge in [-0.2, -0.15) is 37.9 Å². The molecular formula is C67H129O6S3Sn. The first kappa shape index (κ1) is 82.9. The summed E-state index contributed by atoms with van der Waals surface area (Å²) in [6.45, 7) is 10.8. The second-order valence-electron chi connectivity index (χ2n) is 21.0. The zero-order chi connectivity index (χ0) is 57.3. The van der Waals surface area contributed by atoms with Crippen LogP contribution in [-0.2, 0) is 28.6 Å². The van der Waals surface area contributed by atoms with Crippen LogP contribution in [0.5, 0.6) is 0 Å². The Balaban J connectivity index is -0.000000495. The van der Waals surface area contributed by atoms with Crippen molar-refractivity contribution in [2.45, 2.75) is 334 Å². The second-order valence-corrected chi connectivity index (χ2v) is 23.8. The molecule has 0 saturated carbocycles. The van der Waals surface area contributed by atoms with E-state index in [2.05, 4.69) is 102 Å². The van der Waals surface area contributed by atoms with Crippen LogP contribution in [0.25, 0.3) is 0 Å². The van der Waals surface area contributed by atoms with Crippen molar-refractivity contribution in [2.75, 3.05) is 37.1 Å². The summed E-state index contributed by atoms with van der Waals surface area (Å²) in [4.78, 5) is 33.4. The quantitative estimate of drug-likeness (QED) is 0.0141. The van der Waals surface area contributed by atoms with Crippen molar-refractivity contribution >= 4 is 78.3 Å². The number of thiol groups is 3. The summed E-state index contributed by atoms with van der Waals surface area (Å²) in [5.41, 5.74) is 0. The van der Waals surface area contributed by atoms with Gasteiger partial charge in [-0.05, 0) is 96.3 Å². The minimum atomic E-state index is -0.113. The molecule has 0 unspecified atom stereocenters. The molecule has 3 radical (unpaired) electrons. The summed E-state index contributed by atoms with van der Waals surface area (Å²) < 4.78 is 16.7. The molecular weight excluding hydrogens is 1120 g/mol. The Kier molecular flexibility index (Phi) is 88.3. The van der Waals surface area contributed by atoms with E-state index in [4.69, 9.17) is 14.2 Å². The van der Waals surface area contributed by atoms with Gasteiger partial charge in [0.05, 0.1) is 39.1 Å². The summed E-state index contributed by atoms with van der Waals surface area (Å²) in [6.07, 6.45) is 72.8. The van der Waals surface area contributed by atoms with Crippen molar-refractivity contribution < 1.29 is 28.6 Å². The molecule has 0 aliphatic carbocycles. The topological polar surface area (TPSA) is 78.9 Å². The number of carbonyl (C=O) groups excluding carboxylic acids is 3. The summed E-state index contributed by atoms with van der Waals surface area (Å²) in [6, 6.07) is 0. The standard InChI is InChI=1S/3C21H40O2S.C4H9.Sn/c3*1-2-3-4-5-6-7-8-9-10-11-12-13-14-15-16-17-19-23-21(22)18-20-24;1-3-4-2;/h3*9-10,24H,2-8,11-20H2,1H3;1,3-4H2,2H3;/b3*10-9-;;. The zero-order valence-corrected chi connectivity index (χ0v) is 57.0. The number of esters is 3. The zero-order valence-electron chi connectivity index (χ0n) is 51.4. The van der Waals surface area contributed by atoms with Crippen molar-refractivity contribution in [1.29, 1.82) is 0 Å². The number of carbonyl (C=O) groups is 3. The predicted molar refractivity (Wildman–Crippen MR) is 352 cm³/mol. The van der Waals surface area contributed by atoms with E-state index in [9.17, 15) is 14.4 Å². The molecule has 6 nitrogen and oxygen atoms in total. The van der Waals surface area contributed by atoms with Crippen molar-refractivity contribution in [1.82, 2.24) is 0 Å². The van der Waals surface area contributed by atoms with Crippen LogP contribution in [0.1, 0.15) is 329 Å². The van der Waals surface area contributed by atoms with E-state index >= 15 is 0 Å². The first-order valence-electron chi connectivity index (χ1n) is 32.7. The Labute approximate surface area is 510 Å². The molecule has 0 rings (SSSR count). The van der Waals surface area contributed by atoms with Gasteiger partial charge in [0, 0.05) is 17.3 Å². The monoisotopic (exact) mass is 1250 g/mol. The first-order chi connectivity index (χ1) is 37.8. The Morgan fingerprint density at radius 1 is 0.286 bits per heavy atom. The van der Waals surface area contributed by atoms with Gasteiger partial charge in [0.15, 0.2) is 0 Å². The van der Waals surface area contributed by atoms with E-state index in [1.807, 2.05) is 0 Å². The molecule has 0 aromatic heterocycles. The molecule has 0 amide bonds. The fraction of sp³-hybridized carbons (Fsp3) is 0.866. The number of allylic oxidation sites excluding steroid dienone is 6. The van der Waals surface area contributed by atoms with E-state index in [1.165, 1.54) is 268 Å². The van der Waals surface area contributed by atoms with E-state index < -0.39 is 0 Å². The van der Waals surface area contributed by atoms with Gasteiger partial charge in [0.1, 0.15) is 0 Å². The molecule has 0 aromatic rings. The number of rotatable bonds is 56. The molecule has 0 bridgehead atoms. The third kappa shape index (κ3) is 89.5. The van der Waals surface area contributed by atoms with Gasteiger partial charge >= 0.3 is 64.6 Å². The molecule has 0 aliphatic rings. The molecule has 77 heavy (non-hydrogen) atoms. The van der Waals surface area contributed by atoms with E-state index in [0.717, 1.165) is 19.3 Å². The second kappa shape index (κ2) is 81.9. The van der Waals surface area contributed by atoms with Crippen LogP contribution >= 0.6 is 37.9 Å². The van der Waals surface area contributed by atoms with Gasteiger partial charge in [-0.15, -0.1) is 0 Å². The molecule has 0 aliphatic heterocycles. The molecule has 10 heteroatoms. The van der Waals surface area contributed by atoms with Crippen LogP contribution in [0.15, 0.2) is 36.5 Å². The van der Waals surface area contributed by atoms with Crippen LogP contribution in [-0.4, -0.2) is 77.5 Å². The Morgan fingerprint density at radius 3 is 0.636 bits per heavy atom. The van der Waals surface area contributed by atoms with Crippen LogP contribution in [0.4, 0.5) is 0 Å². The van der Waals surface area contributed by atoms with Crippen molar-refractivity contribution in [3.05, 3.63) is 36.5 Å². The molecule has 0 heterocycles. The summed E-state index contributed by atoms with van der Waals surface area (Å²) in [7, 11) is 0. The van der Waals surface area contributed by atoms with Crippen LogP contribution in [0.3, 0.4) is 0 Å². The average Bonchev–Trinajstić information content (AvgIpc) is 3.42. The number of unbranched alkanes of at least 4 members (excludes halogenated alkanes) is 37. The Hall–Kier alpha value is -0.521. The van der Waals surface area contributed by atoms with E-state index in [0.29, 0.717) is 56.3 Å². The maximum atomic E-state index is 11.1. The molecule has 0 N–H and O–H groups in total. The SMILES string of the molecule is CCCCCCCC/C=C\CCCCCCCCOC(=O)CCS.CCCCCCCC/C=C\CCCCCCCCOC(=O)CCS.CCCCCCCC/C=C\CCCCCCCCOC(=O)CCS.CCC[CH2][Sn]. The predicted octanol–water partition coefficient (Wildman–Crippen LogP) is 22.0. The Morgan fingerprint density at radius 2 is 0.468 bits per heavy atom. The fourth-order valence-electron chi connectivity index (χ4n) is 8.27. The summed E-state index contributed by atoms with van der Waals surface area (Å²) in [5, 5.41) is 0. The van der Waals surface area contributed by atoms with Gasteiger partial charge in [0.25, 0.3) is 0 Å². The van der Waals surface area contributed by atoms with Crippen molar-refractivity contribution in [3.63, 3.8) is 0 Å². The molecule has 0 spiro atoms. The molecule has 0 fully saturated rings. The third-order valence-corrected chi connectivity index (χ3v) is 14.9. The molecule has 455 valence electrons. The maximum absolute atomic E-state index is 11.1. The van der Waals surface area contributed by atoms with Crippen molar-refractivity contribution in [3.8, 4) is 0 Å². The first-order valence-corrected chi connectivity index (χ1v) is 36.6. The fourth-order valence-corrected chi connectivity index (χ4v) is 9.83. The van der Waals surface area contributed by atoms with Crippen LogP contribution < -0.4 is 0 Å². The van der Waals surface area contributed by atoms with E-state index in [-0.39, 0.29) is 17.9 Å². The summed E-state index contributed by atoms with van der Waals surface area (Å²) >= 11 is 13.7. The minimum absolute atomic E-state index is 0.113. The molecule has 0 saturated heterocycles. The van der Waals surface area contributed by atoms with Gasteiger partial charge in [-0.1, -0.05) is 231 Å². The van der Waals surface area contributed by atoms with Gasteiger partial charge < -0.3 is 14.2 Å². The average molecular weight is 1250 g/mol. The Bertz CT molecular complexity index is 1060.